The number of benzene rings is 3. The quantitative estimate of drug-likeness (QED) is 0.655. The van der Waals surface area contributed by atoms with Gasteiger partial charge in [-0.1, -0.05) is 67.6 Å². The van der Waals surface area contributed by atoms with Crippen LogP contribution in [-0.2, 0) is 6.42 Å². The van der Waals surface area contributed by atoms with Crippen LogP contribution < -0.4 is 5.73 Å². The highest BCUT2D eigenvalue weighted by molar-refractivity contribution is 5.72. The first-order valence-electron chi connectivity index (χ1n) is 7.32. The molecular weight excluding hydrogens is 254 g/mol. The minimum atomic E-state index is 0.877. The summed E-state index contributed by atoms with van der Waals surface area (Å²) in [6, 6.07) is 25.4. The SMILES string of the molecule is CCc1cc(-c2ccc(-c3ccccc3)cc2)ccc1N. The van der Waals surface area contributed by atoms with Crippen molar-refractivity contribution in [3.8, 4) is 22.3 Å². The summed E-state index contributed by atoms with van der Waals surface area (Å²) < 4.78 is 0. The summed E-state index contributed by atoms with van der Waals surface area (Å²) in [5.74, 6) is 0. The zero-order chi connectivity index (χ0) is 14.7. The number of anilines is 1. The van der Waals surface area contributed by atoms with E-state index in [1.807, 2.05) is 12.1 Å². The number of nitrogen functional groups attached to an aromatic ring is 1. The second kappa shape index (κ2) is 5.84. The van der Waals surface area contributed by atoms with Crippen LogP contribution in [0.4, 0.5) is 5.69 Å². The Labute approximate surface area is 126 Å². The smallest absolute Gasteiger partial charge is 0.0346 e. The van der Waals surface area contributed by atoms with Gasteiger partial charge in [-0.05, 0) is 46.4 Å². The molecule has 0 aliphatic carbocycles. The number of hydrogen-bond acceptors (Lipinski definition) is 1. The Balaban J connectivity index is 1.94. The van der Waals surface area contributed by atoms with Gasteiger partial charge in [-0.3, -0.25) is 0 Å². The van der Waals surface area contributed by atoms with Crippen molar-refractivity contribution in [2.75, 3.05) is 5.73 Å². The van der Waals surface area contributed by atoms with Gasteiger partial charge in [-0.25, -0.2) is 0 Å². The molecule has 0 aliphatic rings. The molecule has 0 saturated carbocycles. The van der Waals surface area contributed by atoms with Crippen molar-refractivity contribution in [2.24, 2.45) is 0 Å². The molecule has 0 aliphatic heterocycles. The lowest BCUT2D eigenvalue weighted by atomic mass is 9.98. The van der Waals surface area contributed by atoms with Gasteiger partial charge in [0.05, 0.1) is 0 Å². The van der Waals surface area contributed by atoms with Gasteiger partial charge < -0.3 is 5.73 Å². The summed E-state index contributed by atoms with van der Waals surface area (Å²) in [6.07, 6.45) is 0.960. The molecule has 0 spiro atoms. The fraction of sp³-hybridized carbons (Fsp3) is 0.100. The van der Waals surface area contributed by atoms with Gasteiger partial charge in [0, 0.05) is 5.69 Å². The molecule has 0 bridgehead atoms. The molecule has 0 radical (unpaired) electrons. The third-order valence-corrected chi connectivity index (χ3v) is 3.85. The average Bonchev–Trinajstić information content (AvgIpc) is 2.56. The van der Waals surface area contributed by atoms with Crippen molar-refractivity contribution >= 4 is 5.69 Å². The second-order valence-electron chi connectivity index (χ2n) is 5.21. The van der Waals surface area contributed by atoms with E-state index in [4.69, 9.17) is 5.73 Å². The van der Waals surface area contributed by atoms with E-state index in [1.54, 1.807) is 0 Å². The van der Waals surface area contributed by atoms with Gasteiger partial charge in [-0.2, -0.15) is 0 Å². The Morgan fingerprint density at radius 3 is 1.81 bits per heavy atom. The molecule has 0 unspecified atom stereocenters. The Morgan fingerprint density at radius 2 is 1.19 bits per heavy atom. The zero-order valence-electron chi connectivity index (χ0n) is 12.2. The molecule has 2 N–H and O–H groups in total. The van der Waals surface area contributed by atoms with Gasteiger partial charge >= 0.3 is 0 Å². The molecule has 3 rings (SSSR count). The van der Waals surface area contributed by atoms with Crippen molar-refractivity contribution in [2.45, 2.75) is 13.3 Å². The van der Waals surface area contributed by atoms with E-state index >= 15 is 0 Å². The highest BCUT2D eigenvalue weighted by Gasteiger charge is 2.03. The maximum absolute atomic E-state index is 5.98. The zero-order valence-corrected chi connectivity index (χ0v) is 12.2. The largest absolute Gasteiger partial charge is 0.399 e. The summed E-state index contributed by atoms with van der Waals surface area (Å²) in [6.45, 7) is 2.13. The highest BCUT2D eigenvalue weighted by Crippen LogP contribution is 2.27. The van der Waals surface area contributed by atoms with Gasteiger partial charge in [0.25, 0.3) is 0 Å². The maximum atomic E-state index is 5.98. The van der Waals surface area contributed by atoms with E-state index in [9.17, 15) is 0 Å². The third kappa shape index (κ3) is 2.82. The molecule has 0 saturated heterocycles. The lowest BCUT2D eigenvalue weighted by molar-refractivity contribution is 1.15. The summed E-state index contributed by atoms with van der Waals surface area (Å²) in [5.41, 5.74) is 13.0. The molecule has 104 valence electrons. The molecule has 0 aromatic heterocycles. The summed E-state index contributed by atoms with van der Waals surface area (Å²) in [5, 5.41) is 0. The van der Waals surface area contributed by atoms with Crippen molar-refractivity contribution < 1.29 is 0 Å². The molecule has 0 amide bonds. The van der Waals surface area contributed by atoms with E-state index in [2.05, 4.69) is 67.6 Å². The number of rotatable bonds is 3. The maximum Gasteiger partial charge on any atom is 0.0346 e. The first-order chi connectivity index (χ1) is 10.3. The first-order valence-corrected chi connectivity index (χ1v) is 7.32. The Bertz CT molecular complexity index is 728. The van der Waals surface area contributed by atoms with Gasteiger partial charge in [0.1, 0.15) is 0 Å². The fourth-order valence-electron chi connectivity index (χ4n) is 2.58. The molecule has 3 aromatic carbocycles. The van der Waals surface area contributed by atoms with Crippen molar-refractivity contribution in [1.82, 2.24) is 0 Å². The second-order valence-corrected chi connectivity index (χ2v) is 5.21. The van der Waals surface area contributed by atoms with E-state index in [-0.39, 0.29) is 0 Å². The van der Waals surface area contributed by atoms with Crippen LogP contribution in [0.1, 0.15) is 12.5 Å². The number of hydrogen-bond donors (Lipinski definition) is 1. The Hall–Kier alpha value is -2.54. The van der Waals surface area contributed by atoms with Crippen LogP contribution in [0.25, 0.3) is 22.3 Å². The molecule has 21 heavy (non-hydrogen) atoms. The first kappa shape index (κ1) is 13.4. The van der Waals surface area contributed by atoms with Crippen LogP contribution in [0, 0.1) is 0 Å². The van der Waals surface area contributed by atoms with E-state index in [0.717, 1.165) is 12.1 Å². The highest BCUT2D eigenvalue weighted by atomic mass is 14.6. The van der Waals surface area contributed by atoms with Crippen LogP contribution in [0.3, 0.4) is 0 Å². The summed E-state index contributed by atoms with van der Waals surface area (Å²) in [4.78, 5) is 0. The predicted octanol–water partition coefficient (Wildman–Crippen LogP) is 5.17. The van der Waals surface area contributed by atoms with Crippen molar-refractivity contribution in [3.63, 3.8) is 0 Å². The topological polar surface area (TPSA) is 26.0 Å². The van der Waals surface area contributed by atoms with E-state index < -0.39 is 0 Å². The van der Waals surface area contributed by atoms with Gasteiger partial charge in [0.2, 0.25) is 0 Å². The molecule has 3 aromatic rings. The van der Waals surface area contributed by atoms with Crippen LogP contribution in [0.5, 0.6) is 0 Å². The minimum absolute atomic E-state index is 0.877. The lowest BCUT2D eigenvalue weighted by Gasteiger charge is -2.08. The molecule has 1 heteroatoms. The number of aryl methyl sites for hydroxylation is 1. The predicted molar refractivity (Wildman–Crippen MR) is 91.1 cm³/mol. The van der Waals surface area contributed by atoms with Crippen molar-refractivity contribution in [1.29, 1.82) is 0 Å². The van der Waals surface area contributed by atoms with Gasteiger partial charge in [0.15, 0.2) is 0 Å². The standard InChI is InChI=1S/C20H19N/c1-2-15-14-19(12-13-20(15)21)18-10-8-17(9-11-18)16-6-4-3-5-7-16/h3-14H,2,21H2,1H3. The van der Waals surface area contributed by atoms with Crippen LogP contribution in [-0.4, -0.2) is 0 Å². The van der Waals surface area contributed by atoms with Crippen LogP contribution in [0.15, 0.2) is 72.8 Å². The molecule has 0 fully saturated rings. The van der Waals surface area contributed by atoms with Crippen LogP contribution in [0.2, 0.25) is 0 Å². The Morgan fingerprint density at radius 1 is 0.667 bits per heavy atom. The minimum Gasteiger partial charge on any atom is -0.399 e. The third-order valence-electron chi connectivity index (χ3n) is 3.85. The van der Waals surface area contributed by atoms with E-state index in [0.29, 0.717) is 0 Å². The average molecular weight is 273 g/mol. The normalized spacial score (nSPS) is 10.5. The molecular formula is C20H19N. The van der Waals surface area contributed by atoms with Crippen LogP contribution >= 0.6 is 0 Å². The Kier molecular flexibility index (Phi) is 3.74. The summed E-state index contributed by atoms with van der Waals surface area (Å²) in [7, 11) is 0. The molecule has 0 atom stereocenters. The lowest BCUT2D eigenvalue weighted by Crippen LogP contribution is -1.93. The monoisotopic (exact) mass is 273 g/mol. The molecule has 0 heterocycles. The fourth-order valence-corrected chi connectivity index (χ4v) is 2.58. The number of nitrogens with two attached hydrogens (primary N) is 1. The summed E-state index contributed by atoms with van der Waals surface area (Å²) >= 11 is 0. The molecule has 1 nitrogen and oxygen atoms in total. The van der Waals surface area contributed by atoms with Gasteiger partial charge in [-0.15, -0.1) is 0 Å². The van der Waals surface area contributed by atoms with Crippen molar-refractivity contribution in [3.05, 3.63) is 78.4 Å². The van der Waals surface area contributed by atoms with E-state index in [1.165, 1.54) is 27.8 Å².